The molecule has 1 heterocycles. The number of terminal acetylenes is 1. The third kappa shape index (κ3) is 3.69. The number of aromatic nitrogens is 1. The van der Waals surface area contributed by atoms with Gasteiger partial charge < -0.3 is 5.32 Å². The number of hydrogen-bond donors (Lipinski definition) is 1. The summed E-state index contributed by atoms with van der Waals surface area (Å²) in [5.74, 6) is 2.29. The van der Waals surface area contributed by atoms with Crippen molar-refractivity contribution < 1.29 is 4.39 Å². The van der Waals surface area contributed by atoms with E-state index in [1.165, 1.54) is 12.3 Å². The molecule has 1 aromatic rings. The zero-order valence-electron chi connectivity index (χ0n) is 8.83. The number of pyridine rings is 1. The zero-order chi connectivity index (χ0) is 11.1. The van der Waals surface area contributed by atoms with Crippen LogP contribution in [0.25, 0.3) is 0 Å². The Morgan fingerprint density at radius 3 is 2.93 bits per heavy atom. The molecule has 0 aliphatic heterocycles. The molecule has 15 heavy (non-hydrogen) atoms. The van der Waals surface area contributed by atoms with Gasteiger partial charge >= 0.3 is 0 Å². The number of nitrogens with zero attached hydrogens (tertiary/aromatic N) is 1. The molecule has 0 fully saturated rings. The first-order valence-corrected chi connectivity index (χ1v) is 5.00. The van der Waals surface area contributed by atoms with E-state index < -0.39 is 0 Å². The molecule has 0 saturated carbocycles. The van der Waals surface area contributed by atoms with Crippen LogP contribution in [0.15, 0.2) is 18.3 Å². The van der Waals surface area contributed by atoms with E-state index in [9.17, 15) is 4.39 Å². The summed E-state index contributed by atoms with van der Waals surface area (Å²) in [6.07, 6.45) is 9.04. The number of halogens is 1. The summed E-state index contributed by atoms with van der Waals surface area (Å²) in [6, 6.07) is 3.28. The van der Waals surface area contributed by atoms with Crippen LogP contribution in [0.4, 0.5) is 4.39 Å². The fourth-order valence-corrected chi connectivity index (χ4v) is 1.44. The van der Waals surface area contributed by atoms with Crippen LogP contribution in [0.1, 0.15) is 31.0 Å². The van der Waals surface area contributed by atoms with Crippen LogP contribution in [-0.2, 0) is 0 Å². The molecular weight excluding hydrogens is 191 g/mol. The van der Waals surface area contributed by atoms with Gasteiger partial charge in [0.15, 0.2) is 0 Å². The molecule has 3 heteroatoms. The Morgan fingerprint density at radius 1 is 1.60 bits per heavy atom. The predicted octanol–water partition coefficient (Wildman–Crippen LogP) is 2.28. The third-order valence-corrected chi connectivity index (χ3v) is 2.27. The highest BCUT2D eigenvalue weighted by Crippen LogP contribution is 2.16. The molecule has 1 atom stereocenters. The van der Waals surface area contributed by atoms with Gasteiger partial charge in [-0.3, -0.25) is 4.98 Å². The molecule has 1 aromatic heterocycles. The molecule has 0 aliphatic rings. The lowest BCUT2D eigenvalue weighted by Crippen LogP contribution is -2.17. The average molecular weight is 206 g/mol. The van der Waals surface area contributed by atoms with Crippen LogP contribution in [-0.4, -0.2) is 12.0 Å². The second-order valence-electron chi connectivity index (χ2n) is 3.34. The van der Waals surface area contributed by atoms with Crippen LogP contribution in [0.5, 0.6) is 0 Å². The summed E-state index contributed by atoms with van der Waals surface area (Å²) in [5.41, 5.74) is 0.857. The van der Waals surface area contributed by atoms with Gasteiger partial charge in [-0.25, -0.2) is 4.39 Å². The van der Waals surface area contributed by atoms with Crippen molar-refractivity contribution in [2.75, 3.05) is 7.05 Å². The maximum absolute atomic E-state index is 12.7. The Hall–Kier alpha value is -1.40. The zero-order valence-corrected chi connectivity index (χ0v) is 8.83. The second kappa shape index (κ2) is 6.15. The van der Waals surface area contributed by atoms with Gasteiger partial charge in [0, 0.05) is 12.5 Å². The summed E-state index contributed by atoms with van der Waals surface area (Å²) < 4.78 is 12.7. The van der Waals surface area contributed by atoms with Crippen LogP contribution >= 0.6 is 0 Å². The lowest BCUT2D eigenvalue weighted by Gasteiger charge is -2.14. The van der Waals surface area contributed by atoms with Crippen molar-refractivity contribution in [3.63, 3.8) is 0 Å². The lowest BCUT2D eigenvalue weighted by atomic mass is 10.1. The molecule has 1 rings (SSSR count). The van der Waals surface area contributed by atoms with E-state index in [-0.39, 0.29) is 11.9 Å². The molecule has 0 aliphatic carbocycles. The number of unbranched alkanes of at least 4 members (excludes halogenated alkanes) is 1. The van der Waals surface area contributed by atoms with Crippen molar-refractivity contribution in [1.29, 1.82) is 0 Å². The smallest absolute Gasteiger partial charge is 0.141 e. The quantitative estimate of drug-likeness (QED) is 0.590. The minimum Gasteiger partial charge on any atom is -0.312 e. The molecular formula is C12H15FN2. The van der Waals surface area contributed by atoms with E-state index in [1.54, 1.807) is 6.07 Å². The van der Waals surface area contributed by atoms with Crippen molar-refractivity contribution in [1.82, 2.24) is 10.3 Å². The van der Waals surface area contributed by atoms with Gasteiger partial charge in [-0.2, -0.15) is 0 Å². The Bertz CT molecular complexity index is 326. The molecule has 80 valence electrons. The summed E-state index contributed by atoms with van der Waals surface area (Å²) >= 11 is 0. The molecule has 1 N–H and O–H groups in total. The highest BCUT2D eigenvalue weighted by Gasteiger charge is 2.09. The first-order chi connectivity index (χ1) is 7.27. The van der Waals surface area contributed by atoms with Crippen LogP contribution in [0, 0.1) is 18.2 Å². The Kier molecular flexibility index (Phi) is 4.79. The standard InChI is InChI=1S/C12H15FN2/c1-3-4-5-6-11(14-2)12-8-7-10(13)9-15-12/h1,7-9,11,14H,4-6H2,2H3. The van der Waals surface area contributed by atoms with Gasteiger partial charge in [0.05, 0.1) is 11.9 Å². The predicted molar refractivity (Wildman–Crippen MR) is 58.7 cm³/mol. The SMILES string of the molecule is C#CCCCC(NC)c1ccc(F)cn1. The highest BCUT2D eigenvalue weighted by molar-refractivity contribution is 5.09. The van der Waals surface area contributed by atoms with Crippen LogP contribution in [0.2, 0.25) is 0 Å². The van der Waals surface area contributed by atoms with Crippen LogP contribution in [0.3, 0.4) is 0 Å². The number of nitrogens with one attached hydrogen (secondary N) is 1. The summed E-state index contributed by atoms with van der Waals surface area (Å²) in [5, 5.41) is 3.14. The maximum atomic E-state index is 12.7. The Morgan fingerprint density at radius 2 is 2.40 bits per heavy atom. The minimum absolute atomic E-state index is 0.152. The first kappa shape index (κ1) is 11.7. The third-order valence-electron chi connectivity index (χ3n) is 2.27. The Balaban J connectivity index is 2.58. The van der Waals surface area contributed by atoms with E-state index in [2.05, 4.69) is 16.2 Å². The van der Waals surface area contributed by atoms with Crippen molar-refractivity contribution in [3.05, 3.63) is 29.8 Å². The van der Waals surface area contributed by atoms with E-state index in [1.807, 2.05) is 7.05 Å². The maximum Gasteiger partial charge on any atom is 0.141 e. The average Bonchev–Trinajstić information content (AvgIpc) is 2.26. The minimum atomic E-state index is -0.308. The molecule has 0 bridgehead atoms. The molecule has 2 nitrogen and oxygen atoms in total. The highest BCUT2D eigenvalue weighted by atomic mass is 19.1. The second-order valence-corrected chi connectivity index (χ2v) is 3.34. The largest absolute Gasteiger partial charge is 0.312 e. The summed E-state index contributed by atoms with van der Waals surface area (Å²) in [4.78, 5) is 4.04. The van der Waals surface area contributed by atoms with E-state index in [4.69, 9.17) is 6.42 Å². The van der Waals surface area contributed by atoms with Gasteiger partial charge in [-0.1, -0.05) is 0 Å². The lowest BCUT2D eigenvalue weighted by molar-refractivity contribution is 0.516. The van der Waals surface area contributed by atoms with E-state index in [0.29, 0.717) is 0 Å². The number of rotatable bonds is 5. The van der Waals surface area contributed by atoms with Gasteiger partial charge in [-0.15, -0.1) is 12.3 Å². The fourth-order valence-electron chi connectivity index (χ4n) is 1.44. The van der Waals surface area contributed by atoms with E-state index in [0.717, 1.165) is 25.0 Å². The molecule has 0 radical (unpaired) electrons. The summed E-state index contributed by atoms with van der Waals surface area (Å²) in [7, 11) is 1.87. The van der Waals surface area contributed by atoms with Crippen molar-refractivity contribution in [2.24, 2.45) is 0 Å². The molecule has 0 spiro atoms. The number of hydrogen-bond acceptors (Lipinski definition) is 2. The molecule has 1 unspecified atom stereocenters. The molecule has 0 aromatic carbocycles. The molecule has 0 saturated heterocycles. The van der Waals surface area contributed by atoms with Gasteiger partial charge in [-0.05, 0) is 32.0 Å². The van der Waals surface area contributed by atoms with Gasteiger partial charge in [0.1, 0.15) is 5.82 Å². The van der Waals surface area contributed by atoms with Gasteiger partial charge in [0.2, 0.25) is 0 Å². The van der Waals surface area contributed by atoms with Crippen LogP contribution < -0.4 is 5.32 Å². The normalized spacial score (nSPS) is 12.1. The Labute approximate surface area is 89.9 Å². The van der Waals surface area contributed by atoms with E-state index >= 15 is 0 Å². The van der Waals surface area contributed by atoms with Crippen molar-refractivity contribution >= 4 is 0 Å². The first-order valence-electron chi connectivity index (χ1n) is 5.00. The fraction of sp³-hybridized carbons (Fsp3) is 0.417. The monoisotopic (exact) mass is 206 g/mol. The molecule has 0 amide bonds. The summed E-state index contributed by atoms with van der Waals surface area (Å²) in [6.45, 7) is 0. The van der Waals surface area contributed by atoms with Crippen molar-refractivity contribution in [2.45, 2.75) is 25.3 Å². The van der Waals surface area contributed by atoms with Crippen molar-refractivity contribution in [3.8, 4) is 12.3 Å². The van der Waals surface area contributed by atoms with Gasteiger partial charge in [0.25, 0.3) is 0 Å². The topological polar surface area (TPSA) is 24.9 Å².